The smallest absolute Gasteiger partial charge is 0.128 e. The molecular weight excluding hydrogens is 338 g/mol. The van der Waals surface area contributed by atoms with Crippen LogP contribution in [0.1, 0.15) is 17.5 Å². The SMILES string of the molecule is CN(CCNc1ccc(CN)cn1)CC1CCN(c2ccc(CN)cn2)C1. The van der Waals surface area contributed by atoms with E-state index in [9.17, 15) is 0 Å². The van der Waals surface area contributed by atoms with Gasteiger partial charge in [-0.15, -0.1) is 0 Å². The number of likely N-dealkylation sites (N-methyl/N-ethyl adjacent to an activating group) is 1. The molecule has 0 aromatic carbocycles. The summed E-state index contributed by atoms with van der Waals surface area (Å²) < 4.78 is 0. The van der Waals surface area contributed by atoms with Gasteiger partial charge in [0.2, 0.25) is 0 Å². The lowest BCUT2D eigenvalue weighted by Gasteiger charge is -2.22. The molecule has 0 bridgehead atoms. The molecule has 0 radical (unpaired) electrons. The Bertz CT molecular complexity index is 686. The number of nitrogens with two attached hydrogens (primary N) is 2. The quantitative estimate of drug-likeness (QED) is 0.612. The normalized spacial score (nSPS) is 16.9. The molecule has 1 aliphatic heterocycles. The summed E-state index contributed by atoms with van der Waals surface area (Å²) in [6.45, 7) is 6.17. The van der Waals surface area contributed by atoms with Gasteiger partial charge in [0.15, 0.2) is 0 Å². The molecule has 3 heterocycles. The highest BCUT2D eigenvalue weighted by Crippen LogP contribution is 2.22. The van der Waals surface area contributed by atoms with Crippen LogP contribution in [0.3, 0.4) is 0 Å². The minimum atomic E-state index is 0.529. The van der Waals surface area contributed by atoms with Crippen LogP contribution < -0.4 is 21.7 Å². The molecule has 1 fully saturated rings. The first-order chi connectivity index (χ1) is 13.2. The molecule has 1 atom stereocenters. The summed E-state index contributed by atoms with van der Waals surface area (Å²) in [6, 6.07) is 8.16. The molecule has 1 aliphatic rings. The molecule has 146 valence electrons. The van der Waals surface area contributed by atoms with Crippen molar-refractivity contribution >= 4 is 11.6 Å². The third-order valence-corrected chi connectivity index (χ3v) is 5.08. The second-order valence-electron chi connectivity index (χ2n) is 7.27. The second-order valence-corrected chi connectivity index (χ2v) is 7.27. The highest BCUT2D eigenvalue weighted by atomic mass is 15.2. The molecule has 2 aromatic rings. The highest BCUT2D eigenvalue weighted by Gasteiger charge is 2.24. The molecule has 27 heavy (non-hydrogen) atoms. The van der Waals surface area contributed by atoms with Gasteiger partial charge in [-0.2, -0.15) is 0 Å². The summed E-state index contributed by atoms with van der Waals surface area (Å²) in [7, 11) is 2.18. The van der Waals surface area contributed by atoms with Gasteiger partial charge in [-0.3, -0.25) is 0 Å². The Hall–Kier alpha value is -2.22. The van der Waals surface area contributed by atoms with Gasteiger partial charge in [-0.25, -0.2) is 9.97 Å². The second kappa shape index (κ2) is 9.64. The van der Waals surface area contributed by atoms with Crippen molar-refractivity contribution in [3.05, 3.63) is 47.8 Å². The van der Waals surface area contributed by atoms with E-state index >= 15 is 0 Å². The van der Waals surface area contributed by atoms with Crippen LogP contribution in [-0.2, 0) is 13.1 Å². The van der Waals surface area contributed by atoms with Gasteiger partial charge in [-0.1, -0.05) is 12.1 Å². The maximum absolute atomic E-state index is 5.65. The summed E-state index contributed by atoms with van der Waals surface area (Å²) in [6.07, 6.45) is 4.92. The van der Waals surface area contributed by atoms with Crippen molar-refractivity contribution in [2.75, 3.05) is 50.0 Å². The maximum atomic E-state index is 5.65. The summed E-state index contributed by atoms with van der Waals surface area (Å²) in [5.74, 6) is 2.64. The Kier molecular flexibility index (Phi) is 6.98. The molecule has 1 unspecified atom stereocenters. The molecule has 0 spiro atoms. The van der Waals surface area contributed by atoms with Crippen LogP contribution in [0.25, 0.3) is 0 Å². The number of anilines is 2. The largest absolute Gasteiger partial charge is 0.369 e. The topological polar surface area (TPSA) is 96.3 Å². The fourth-order valence-corrected chi connectivity index (χ4v) is 3.47. The van der Waals surface area contributed by atoms with Crippen molar-refractivity contribution in [1.29, 1.82) is 0 Å². The number of hydrogen-bond acceptors (Lipinski definition) is 7. The van der Waals surface area contributed by atoms with Crippen LogP contribution in [0.4, 0.5) is 11.6 Å². The maximum Gasteiger partial charge on any atom is 0.128 e. The fraction of sp³-hybridized carbons (Fsp3) is 0.500. The van der Waals surface area contributed by atoms with E-state index < -0.39 is 0 Å². The number of nitrogens with one attached hydrogen (secondary N) is 1. The molecule has 3 rings (SSSR count). The van der Waals surface area contributed by atoms with Crippen LogP contribution in [0.5, 0.6) is 0 Å². The third-order valence-electron chi connectivity index (χ3n) is 5.08. The number of hydrogen-bond donors (Lipinski definition) is 3. The number of aromatic nitrogens is 2. The van der Waals surface area contributed by atoms with E-state index in [1.807, 2.05) is 24.5 Å². The highest BCUT2D eigenvalue weighted by molar-refractivity contribution is 5.40. The Morgan fingerprint density at radius 3 is 2.48 bits per heavy atom. The molecule has 0 amide bonds. The van der Waals surface area contributed by atoms with Crippen molar-refractivity contribution < 1.29 is 0 Å². The van der Waals surface area contributed by atoms with Gasteiger partial charge in [-0.05, 0) is 42.6 Å². The lowest BCUT2D eigenvalue weighted by molar-refractivity contribution is 0.296. The molecule has 1 saturated heterocycles. The first-order valence-electron chi connectivity index (χ1n) is 9.65. The summed E-state index contributed by atoms with van der Waals surface area (Å²) >= 11 is 0. The first-order valence-corrected chi connectivity index (χ1v) is 9.65. The molecule has 0 aliphatic carbocycles. The predicted molar refractivity (Wildman–Crippen MR) is 111 cm³/mol. The number of nitrogens with zero attached hydrogens (tertiary/aromatic N) is 4. The van der Waals surface area contributed by atoms with Crippen LogP contribution >= 0.6 is 0 Å². The van der Waals surface area contributed by atoms with Gasteiger partial charge >= 0.3 is 0 Å². The van der Waals surface area contributed by atoms with Crippen molar-refractivity contribution in [3.63, 3.8) is 0 Å². The number of rotatable bonds is 9. The van der Waals surface area contributed by atoms with E-state index in [-0.39, 0.29) is 0 Å². The fourth-order valence-electron chi connectivity index (χ4n) is 3.47. The van der Waals surface area contributed by atoms with Crippen molar-refractivity contribution in [1.82, 2.24) is 14.9 Å². The zero-order chi connectivity index (χ0) is 19.1. The molecule has 7 nitrogen and oxygen atoms in total. The van der Waals surface area contributed by atoms with E-state index in [0.717, 1.165) is 55.5 Å². The van der Waals surface area contributed by atoms with Crippen molar-refractivity contribution in [3.8, 4) is 0 Å². The van der Waals surface area contributed by atoms with Crippen LogP contribution in [-0.4, -0.2) is 54.6 Å². The van der Waals surface area contributed by atoms with E-state index in [4.69, 9.17) is 11.5 Å². The van der Waals surface area contributed by atoms with Crippen LogP contribution in [0.2, 0.25) is 0 Å². The molecule has 0 saturated carbocycles. The van der Waals surface area contributed by atoms with Gasteiger partial charge in [0.05, 0.1) is 0 Å². The molecule has 2 aromatic heterocycles. The number of pyridine rings is 2. The van der Waals surface area contributed by atoms with E-state index in [1.54, 1.807) is 0 Å². The predicted octanol–water partition coefficient (Wildman–Crippen LogP) is 1.26. The van der Waals surface area contributed by atoms with Gasteiger partial charge in [0, 0.05) is 58.2 Å². The summed E-state index contributed by atoms with van der Waals surface area (Å²) in [5.41, 5.74) is 13.4. The Labute approximate surface area is 161 Å². The van der Waals surface area contributed by atoms with E-state index in [0.29, 0.717) is 19.0 Å². The Morgan fingerprint density at radius 1 is 1.11 bits per heavy atom. The van der Waals surface area contributed by atoms with Gasteiger partial charge in [0.25, 0.3) is 0 Å². The monoisotopic (exact) mass is 369 g/mol. The van der Waals surface area contributed by atoms with Crippen molar-refractivity contribution in [2.24, 2.45) is 17.4 Å². The lowest BCUT2D eigenvalue weighted by Crippen LogP contribution is -2.32. The molecular formula is C20H31N7. The molecule has 7 heteroatoms. The van der Waals surface area contributed by atoms with Gasteiger partial charge < -0.3 is 26.6 Å². The lowest BCUT2D eigenvalue weighted by atomic mass is 10.1. The zero-order valence-electron chi connectivity index (χ0n) is 16.1. The van der Waals surface area contributed by atoms with E-state index in [2.05, 4.69) is 44.3 Å². The molecule has 5 N–H and O–H groups in total. The van der Waals surface area contributed by atoms with Crippen molar-refractivity contribution in [2.45, 2.75) is 19.5 Å². The third kappa shape index (κ3) is 5.63. The average Bonchev–Trinajstić information content (AvgIpc) is 3.17. The Balaban J connectivity index is 1.38. The summed E-state index contributed by atoms with van der Waals surface area (Å²) in [4.78, 5) is 13.7. The minimum absolute atomic E-state index is 0.529. The van der Waals surface area contributed by atoms with Crippen LogP contribution in [0.15, 0.2) is 36.7 Å². The Morgan fingerprint density at radius 2 is 1.85 bits per heavy atom. The standard InChI is InChI=1S/C20H31N7/c1-26(9-7-23-19-4-2-16(10-21)12-24-19)14-18-6-8-27(15-18)20-5-3-17(11-22)13-25-20/h2-5,12-13,18H,6-11,14-15,21-22H2,1H3,(H,23,24). The van der Waals surface area contributed by atoms with Gasteiger partial charge in [0.1, 0.15) is 11.6 Å². The van der Waals surface area contributed by atoms with E-state index in [1.165, 1.54) is 6.42 Å². The summed E-state index contributed by atoms with van der Waals surface area (Å²) in [5, 5.41) is 3.37. The zero-order valence-corrected chi connectivity index (χ0v) is 16.1. The average molecular weight is 370 g/mol. The first kappa shape index (κ1) is 19.5. The van der Waals surface area contributed by atoms with Crippen LogP contribution in [0, 0.1) is 5.92 Å². The minimum Gasteiger partial charge on any atom is -0.369 e.